The van der Waals surface area contributed by atoms with Gasteiger partial charge in [0.2, 0.25) is 0 Å². The van der Waals surface area contributed by atoms with Crippen molar-refractivity contribution in [3.05, 3.63) is 84.1 Å². The van der Waals surface area contributed by atoms with Crippen molar-refractivity contribution >= 4 is 33.8 Å². The molecule has 24 heavy (non-hydrogen) atoms. The van der Waals surface area contributed by atoms with Crippen LogP contribution in [0.25, 0.3) is 33.8 Å². The largest absolute Gasteiger partial charge is 0.497 e. The first-order valence-electron chi connectivity index (χ1n) is 7.94. The van der Waals surface area contributed by atoms with Crippen LogP contribution in [-0.4, -0.2) is 12.1 Å². The molecule has 4 aromatic rings. The van der Waals surface area contributed by atoms with Gasteiger partial charge in [0.1, 0.15) is 5.75 Å². The van der Waals surface area contributed by atoms with E-state index in [2.05, 4.69) is 54.6 Å². The van der Waals surface area contributed by atoms with Gasteiger partial charge in [-0.2, -0.15) is 0 Å². The summed E-state index contributed by atoms with van der Waals surface area (Å²) in [5.41, 5.74) is 3.05. The Balaban J connectivity index is 1.72. The Morgan fingerprint density at radius 1 is 0.792 bits per heavy atom. The zero-order chi connectivity index (χ0) is 16.4. The van der Waals surface area contributed by atoms with Crippen LogP contribution >= 0.6 is 0 Å². The van der Waals surface area contributed by atoms with Gasteiger partial charge in [-0.3, -0.25) is 0 Å². The van der Waals surface area contributed by atoms with Gasteiger partial charge in [0.05, 0.1) is 18.3 Å². The molecule has 0 aliphatic heterocycles. The van der Waals surface area contributed by atoms with E-state index in [4.69, 9.17) is 9.72 Å². The van der Waals surface area contributed by atoms with Crippen LogP contribution in [0.4, 0.5) is 0 Å². The number of benzene rings is 3. The molecular weight excluding hydrogens is 294 g/mol. The molecule has 0 amide bonds. The van der Waals surface area contributed by atoms with E-state index in [1.807, 2.05) is 30.3 Å². The van der Waals surface area contributed by atoms with Crippen molar-refractivity contribution in [2.24, 2.45) is 0 Å². The lowest BCUT2D eigenvalue weighted by molar-refractivity contribution is 0.414. The number of methoxy groups -OCH3 is 1. The third-order valence-corrected chi connectivity index (χ3v) is 4.16. The second-order valence-corrected chi connectivity index (χ2v) is 5.70. The molecule has 0 saturated carbocycles. The minimum Gasteiger partial charge on any atom is -0.497 e. The lowest BCUT2D eigenvalue weighted by Gasteiger charge is -2.04. The van der Waals surface area contributed by atoms with Gasteiger partial charge in [-0.1, -0.05) is 54.6 Å². The monoisotopic (exact) mass is 311 g/mol. The van der Waals surface area contributed by atoms with Crippen LogP contribution in [0.3, 0.4) is 0 Å². The molecule has 0 unspecified atom stereocenters. The topological polar surface area (TPSA) is 22.1 Å². The van der Waals surface area contributed by atoms with E-state index in [9.17, 15) is 0 Å². The molecule has 2 heteroatoms. The fourth-order valence-electron chi connectivity index (χ4n) is 2.92. The van der Waals surface area contributed by atoms with Gasteiger partial charge < -0.3 is 4.74 Å². The lowest BCUT2D eigenvalue weighted by Crippen LogP contribution is -1.85. The number of hydrogen-bond acceptors (Lipinski definition) is 2. The van der Waals surface area contributed by atoms with Crippen molar-refractivity contribution in [1.82, 2.24) is 4.98 Å². The molecule has 0 spiro atoms. The second-order valence-electron chi connectivity index (χ2n) is 5.70. The smallest absolute Gasteiger partial charge is 0.119 e. The summed E-state index contributed by atoms with van der Waals surface area (Å²) in [6.07, 6.45) is 4.08. The highest BCUT2D eigenvalue weighted by atomic mass is 16.5. The molecule has 1 heterocycles. The Morgan fingerprint density at radius 2 is 1.71 bits per heavy atom. The van der Waals surface area contributed by atoms with Gasteiger partial charge in [0, 0.05) is 5.39 Å². The number of rotatable bonds is 3. The van der Waals surface area contributed by atoms with E-state index in [-0.39, 0.29) is 0 Å². The highest BCUT2D eigenvalue weighted by Gasteiger charge is 2.01. The summed E-state index contributed by atoms with van der Waals surface area (Å²) in [6.45, 7) is 0. The first-order valence-corrected chi connectivity index (χ1v) is 7.94. The lowest BCUT2D eigenvalue weighted by atomic mass is 10.0. The SMILES string of the molecule is COc1cccc(C=Cc2ccc3c(ccc4ccccc43)n2)c1. The summed E-state index contributed by atoms with van der Waals surface area (Å²) < 4.78 is 5.26. The Labute approximate surface area is 141 Å². The second kappa shape index (κ2) is 6.17. The van der Waals surface area contributed by atoms with E-state index >= 15 is 0 Å². The summed E-state index contributed by atoms with van der Waals surface area (Å²) in [5, 5.41) is 3.67. The third-order valence-electron chi connectivity index (χ3n) is 4.16. The Morgan fingerprint density at radius 3 is 2.62 bits per heavy atom. The first-order chi connectivity index (χ1) is 11.8. The molecule has 4 rings (SSSR count). The molecule has 0 saturated heterocycles. The molecule has 0 atom stereocenters. The fourth-order valence-corrected chi connectivity index (χ4v) is 2.92. The molecule has 0 radical (unpaired) electrons. The predicted octanol–water partition coefficient (Wildman–Crippen LogP) is 5.57. The molecule has 2 nitrogen and oxygen atoms in total. The van der Waals surface area contributed by atoms with Crippen LogP contribution < -0.4 is 4.74 Å². The van der Waals surface area contributed by atoms with Crippen molar-refractivity contribution < 1.29 is 4.74 Å². The number of fused-ring (bicyclic) bond motifs is 3. The molecule has 0 bridgehead atoms. The number of ether oxygens (including phenoxy) is 1. The predicted molar refractivity (Wildman–Crippen MR) is 101 cm³/mol. The zero-order valence-corrected chi connectivity index (χ0v) is 13.4. The normalized spacial score (nSPS) is 11.4. The van der Waals surface area contributed by atoms with Gasteiger partial charge >= 0.3 is 0 Å². The number of aromatic nitrogens is 1. The third kappa shape index (κ3) is 2.74. The van der Waals surface area contributed by atoms with Crippen molar-refractivity contribution in [3.63, 3.8) is 0 Å². The van der Waals surface area contributed by atoms with Gasteiger partial charge in [-0.25, -0.2) is 4.98 Å². The average Bonchev–Trinajstić information content (AvgIpc) is 2.66. The average molecular weight is 311 g/mol. The van der Waals surface area contributed by atoms with Crippen LogP contribution in [0, 0.1) is 0 Å². The van der Waals surface area contributed by atoms with Crippen LogP contribution in [-0.2, 0) is 0 Å². The maximum absolute atomic E-state index is 5.26. The first kappa shape index (κ1) is 14.5. The van der Waals surface area contributed by atoms with Crippen molar-refractivity contribution in [3.8, 4) is 5.75 Å². The molecule has 0 aliphatic rings. The summed E-state index contributed by atoms with van der Waals surface area (Å²) in [7, 11) is 1.68. The Kier molecular flexibility index (Phi) is 3.72. The highest BCUT2D eigenvalue weighted by Crippen LogP contribution is 2.24. The minimum atomic E-state index is 0.857. The van der Waals surface area contributed by atoms with Gasteiger partial charge in [0.25, 0.3) is 0 Å². The minimum absolute atomic E-state index is 0.857. The van der Waals surface area contributed by atoms with Crippen molar-refractivity contribution in [1.29, 1.82) is 0 Å². The van der Waals surface area contributed by atoms with Crippen LogP contribution in [0.5, 0.6) is 5.75 Å². The summed E-state index contributed by atoms with van der Waals surface area (Å²) >= 11 is 0. The maximum Gasteiger partial charge on any atom is 0.119 e. The molecular formula is C22H17NO. The van der Waals surface area contributed by atoms with Crippen molar-refractivity contribution in [2.45, 2.75) is 0 Å². The highest BCUT2D eigenvalue weighted by molar-refractivity contribution is 6.06. The Hall–Kier alpha value is -3.13. The molecule has 116 valence electrons. The van der Waals surface area contributed by atoms with E-state index in [1.165, 1.54) is 16.2 Å². The number of pyridine rings is 1. The molecule has 3 aromatic carbocycles. The van der Waals surface area contributed by atoms with Crippen LogP contribution in [0.1, 0.15) is 11.3 Å². The van der Waals surface area contributed by atoms with Gasteiger partial charge in [0.15, 0.2) is 0 Å². The quantitative estimate of drug-likeness (QED) is 0.462. The molecule has 0 aliphatic carbocycles. The van der Waals surface area contributed by atoms with E-state index in [0.29, 0.717) is 0 Å². The van der Waals surface area contributed by atoms with E-state index < -0.39 is 0 Å². The van der Waals surface area contributed by atoms with Crippen LogP contribution in [0.2, 0.25) is 0 Å². The Bertz CT molecular complexity index is 1050. The summed E-state index contributed by atoms with van der Waals surface area (Å²) in [4.78, 5) is 4.76. The van der Waals surface area contributed by atoms with Gasteiger partial charge in [-0.05, 0) is 46.7 Å². The van der Waals surface area contributed by atoms with E-state index in [1.54, 1.807) is 7.11 Å². The summed E-state index contributed by atoms with van der Waals surface area (Å²) in [5.74, 6) is 0.857. The van der Waals surface area contributed by atoms with E-state index in [0.717, 1.165) is 22.5 Å². The maximum atomic E-state index is 5.26. The zero-order valence-electron chi connectivity index (χ0n) is 13.4. The van der Waals surface area contributed by atoms with Crippen molar-refractivity contribution in [2.75, 3.05) is 7.11 Å². The number of nitrogens with zero attached hydrogens (tertiary/aromatic N) is 1. The molecule has 0 N–H and O–H groups in total. The van der Waals surface area contributed by atoms with Crippen LogP contribution in [0.15, 0.2) is 72.8 Å². The van der Waals surface area contributed by atoms with Gasteiger partial charge in [-0.15, -0.1) is 0 Å². The standard InChI is InChI=1S/C22H17NO/c1-24-19-7-4-5-16(15-19)9-11-18-12-13-21-20-8-3-2-6-17(20)10-14-22(21)23-18/h2-15H,1H3. The number of hydrogen-bond donors (Lipinski definition) is 0. The molecule has 1 aromatic heterocycles. The summed E-state index contributed by atoms with van der Waals surface area (Å²) in [6, 6.07) is 24.8. The molecule has 0 fully saturated rings. The fraction of sp³-hybridized carbons (Fsp3) is 0.0455.